The fourth-order valence-corrected chi connectivity index (χ4v) is 2.41. The summed E-state index contributed by atoms with van der Waals surface area (Å²) in [7, 11) is 1.84. The van der Waals surface area contributed by atoms with E-state index in [1.807, 2.05) is 43.1 Å². The maximum Gasteiger partial charge on any atom is 0.239 e. The number of ether oxygens (including phenoxy) is 1. The third kappa shape index (κ3) is 3.70. The SMILES string of the molecule is CNC1CCCN(CCOc2cccc(C)c2)C1=O. The summed E-state index contributed by atoms with van der Waals surface area (Å²) in [6, 6.07) is 7.95. The topological polar surface area (TPSA) is 41.6 Å². The Bertz CT molecular complexity index is 434. The number of rotatable bonds is 5. The van der Waals surface area contributed by atoms with E-state index in [-0.39, 0.29) is 11.9 Å². The Labute approximate surface area is 114 Å². The molecule has 19 heavy (non-hydrogen) atoms. The molecule has 0 saturated carbocycles. The van der Waals surface area contributed by atoms with Crippen LogP contribution in [0, 0.1) is 6.92 Å². The third-order valence-corrected chi connectivity index (χ3v) is 3.50. The van der Waals surface area contributed by atoms with Gasteiger partial charge >= 0.3 is 0 Å². The summed E-state index contributed by atoms with van der Waals surface area (Å²) in [5, 5.41) is 3.07. The smallest absolute Gasteiger partial charge is 0.239 e. The van der Waals surface area contributed by atoms with Crippen LogP contribution >= 0.6 is 0 Å². The number of nitrogens with zero attached hydrogens (tertiary/aromatic N) is 1. The van der Waals surface area contributed by atoms with Crippen LogP contribution in [-0.4, -0.2) is 43.6 Å². The average molecular weight is 262 g/mol. The highest BCUT2D eigenvalue weighted by Crippen LogP contribution is 2.14. The van der Waals surface area contributed by atoms with Crippen LogP contribution in [0.15, 0.2) is 24.3 Å². The van der Waals surface area contributed by atoms with E-state index < -0.39 is 0 Å². The van der Waals surface area contributed by atoms with Crippen LogP contribution in [0.25, 0.3) is 0 Å². The van der Waals surface area contributed by atoms with Crippen LogP contribution < -0.4 is 10.1 Å². The van der Waals surface area contributed by atoms with E-state index in [2.05, 4.69) is 5.32 Å². The molecule has 104 valence electrons. The largest absolute Gasteiger partial charge is 0.492 e. The van der Waals surface area contributed by atoms with Gasteiger partial charge in [0.1, 0.15) is 12.4 Å². The van der Waals surface area contributed by atoms with Gasteiger partial charge in [0.2, 0.25) is 5.91 Å². The van der Waals surface area contributed by atoms with Crippen molar-refractivity contribution in [3.8, 4) is 5.75 Å². The monoisotopic (exact) mass is 262 g/mol. The molecule has 0 radical (unpaired) electrons. The molecule has 1 aliphatic rings. The molecule has 1 aromatic rings. The van der Waals surface area contributed by atoms with Crippen LogP contribution in [0.3, 0.4) is 0 Å². The van der Waals surface area contributed by atoms with Gasteiger partial charge in [0, 0.05) is 6.54 Å². The average Bonchev–Trinajstić information content (AvgIpc) is 2.41. The zero-order valence-corrected chi connectivity index (χ0v) is 11.7. The predicted octanol–water partition coefficient (Wildman–Crippen LogP) is 1.58. The summed E-state index contributed by atoms with van der Waals surface area (Å²) in [6.07, 6.45) is 1.99. The molecule has 1 heterocycles. The van der Waals surface area contributed by atoms with E-state index in [0.717, 1.165) is 25.1 Å². The molecule has 4 nitrogen and oxygen atoms in total. The number of likely N-dealkylation sites (tertiary alicyclic amines) is 1. The van der Waals surface area contributed by atoms with Crippen molar-refractivity contribution in [2.75, 3.05) is 26.7 Å². The Morgan fingerprint density at radius 2 is 2.32 bits per heavy atom. The zero-order valence-electron chi connectivity index (χ0n) is 11.7. The molecule has 1 saturated heterocycles. The zero-order chi connectivity index (χ0) is 13.7. The fraction of sp³-hybridized carbons (Fsp3) is 0.533. The quantitative estimate of drug-likeness (QED) is 0.876. The molecular weight excluding hydrogens is 240 g/mol. The Kier molecular flexibility index (Phi) is 4.80. The number of benzene rings is 1. The van der Waals surface area contributed by atoms with Crippen molar-refractivity contribution in [1.82, 2.24) is 10.2 Å². The molecule has 4 heteroatoms. The number of piperidine rings is 1. The standard InChI is InChI=1S/C15H22N2O2/c1-12-5-3-6-13(11-12)19-10-9-17-8-4-7-14(16-2)15(17)18/h3,5-6,11,14,16H,4,7-10H2,1-2H3. The fourth-order valence-electron chi connectivity index (χ4n) is 2.41. The normalized spacial score (nSPS) is 19.6. The van der Waals surface area contributed by atoms with Crippen molar-refractivity contribution < 1.29 is 9.53 Å². The van der Waals surface area contributed by atoms with E-state index >= 15 is 0 Å². The first-order chi connectivity index (χ1) is 9.20. The Morgan fingerprint density at radius 3 is 3.05 bits per heavy atom. The lowest BCUT2D eigenvalue weighted by molar-refractivity contribution is -0.136. The number of nitrogens with one attached hydrogen (secondary N) is 1. The molecule has 1 fully saturated rings. The second kappa shape index (κ2) is 6.57. The molecule has 0 aromatic heterocycles. The number of hydrogen-bond donors (Lipinski definition) is 1. The van der Waals surface area contributed by atoms with Gasteiger partial charge in [-0.05, 0) is 44.5 Å². The number of carbonyl (C=O) groups is 1. The van der Waals surface area contributed by atoms with Gasteiger partial charge in [-0.2, -0.15) is 0 Å². The van der Waals surface area contributed by atoms with Gasteiger partial charge in [0.15, 0.2) is 0 Å². The number of carbonyl (C=O) groups excluding carboxylic acids is 1. The summed E-state index contributed by atoms with van der Waals surface area (Å²) < 4.78 is 5.69. The van der Waals surface area contributed by atoms with Crippen molar-refractivity contribution in [3.05, 3.63) is 29.8 Å². The molecule has 0 spiro atoms. The summed E-state index contributed by atoms with van der Waals surface area (Å²) in [5.74, 6) is 1.07. The molecule has 0 bridgehead atoms. The Morgan fingerprint density at radius 1 is 1.47 bits per heavy atom. The van der Waals surface area contributed by atoms with E-state index in [1.54, 1.807) is 0 Å². The maximum absolute atomic E-state index is 12.1. The lowest BCUT2D eigenvalue weighted by Gasteiger charge is -2.31. The highest BCUT2D eigenvalue weighted by atomic mass is 16.5. The van der Waals surface area contributed by atoms with E-state index in [1.165, 1.54) is 5.56 Å². The molecule has 1 aromatic carbocycles. The van der Waals surface area contributed by atoms with Gasteiger partial charge in [-0.15, -0.1) is 0 Å². The highest BCUT2D eigenvalue weighted by molar-refractivity contribution is 5.82. The van der Waals surface area contributed by atoms with Crippen LogP contribution in [0.2, 0.25) is 0 Å². The predicted molar refractivity (Wildman–Crippen MR) is 75.3 cm³/mol. The van der Waals surface area contributed by atoms with Gasteiger partial charge in [-0.3, -0.25) is 4.79 Å². The maximum atomic E-state index is 12.1. The minimum absolute atomic E-state index is 0.0206. The highest BCUT2D eigenvalue weighted by Gasteiger charge is 2.26. The number of aryl methyl sites for hydroxylation is 1. The van der Waals surface area contributed by atoms with Gasteiger partial charge in [0.25, 0.3) is 0 Å². The molecule has 1 amide bonds. The van der Waals surface area contributed by atoms with Gasteiger partial charge in [-0.25, -0.2) is 0 Å². The van der Waals surface area contributed by atoms with Crippen molar-refractivity contribution in [2.45, 2.75) is 25.8 Å². The Hall–Kier alpha value is -1.55. The number of hydrogen-bond acceptors (Lipinski definition) is 3. The van der Waals surface area contributed by atoms with Crippen LogP contribution in [0.5, 0.6) is 5.75 Å². The summed E-state index contributed by atoms with van der Waals surface area (Å²) in [6.45, 7) is 4.09. The number of likely N-dealkylation sites (N-methyl/N-ethyl adjacent to an activating group) is 1. The van der Waals surface area contributed by atoms with Crippen LogP contribution in [-0.2, 0) is 4.79 Å². The molecule has 1 unspecified atom stereocenters. The van der Waals surface area contributed by atoms with Crippen molar-refractivity contribution in [3.63, 3.8) is 0 Å². The molecule has 1 aliphatic heterocycles. The van der Waals surface area contributed by atoms with Crippen molar-refractivity contribution in [2.24, 2.45) is 0 Å². The first-order valence-electron chi connectivity index (χ1n) is 6.86. The third-order valence-electron chi connectivity index (χ3n) is 3.50. The van der Waals surface area contributed by atoms with Crippen LogP contribution in [0.1, 0.15) is 18.4 Å². The van der Waals surface area contributed by atoms with E-state index in [9.17, 15) is 4.79 Å². The summed E-state index contributed by atoms with van der Waals surface area (Å²) in [4.78, 5) is 14.0. The first kappa shape index (κ1) is 13.9. The van der Waals surface area contributed by atoms with E-state index in [4.69, 9.17) is 4.74 Å². The van der Waals surface area contributed by atoms with Crippen molar-refractivity contribution >= 4 is 5.91 Å². The summed E-state index contributed by atoms with van der Waals surface area (Å²) in [5.41, 5.74) is 1.18. The molecule has 1 N–H and O–H groups in total. The lowest BCUT2D eigenvalue weighted by atomic mass is 10.1. The van der Waals surface area contributed by atoms with Gasteiger partial charge < -0.3 is 15.0 Å². The molecular formula is C15H22N2O2. The first-order valence-corrected chi connectivity index (χ1v) is 6.86. The number of amides is 1. The second-order valence-electron chi connectivity index (χ2n) is 4.97. The molecule has 1 atom stereocenters. The van der Waals surface area contributed by atoms with Crippen molar-refractivity contribution in [1.29, 1.82) is 0 Å². The molecule has 0 aliphatic carbocycles. The second-order valence-corrected chi connectivity index (χ2v) is 4.97. The van der Waals surface area contributed by atoms with Crippen LogP contribution in [0.4, 0.5) is 0 Å². The minimum atomic E-state index is -0.0206. The van der Waals surface area contributed by atoms with E-state index in [0.29, 0.717) is 13.2 Å². The van der Waals surface area contributed by atoms with Gasteiger partial charge in [0.05, 0.1) is 12.6 Å². The van der Waals surface area contributed by atoms with Gasteiger partial charge in [-0.1, -0.05) is 12.1 Å². The lowest BCUT2D eigenvalue weighted by Crippen LogP contribution is -2.50. The minimum Gasteiger partial charge on any atom is -0.492 e. The summed E-state index contributed by atoms with van der Waals surface area (Å²) >= 11 is 0. The Balaban J connectivity index is 1.80. The molecule has 2 rings (SSSR count).